The van der Waals surface area contributed by atoms with Gasteiger partial charge in [-0.05, 0) is 19.1 Å². The number of benzene rings is 2. The largest absolute Gasteiger partial charge is 0.350 e. The topological polar surface area (TPSA) is 140 Å². The van der Waals surface area contributed by atoms with Crippen LogP contribution in [0.5, 0.6) is 0 Å². The Balaban J connectivity index is 1.52. The molecule has 10 nitrogen and oxygen atoms in total. The summed E-state index contributed by atoms with van der Waals surface area (Å²) in [6.07, 6.45) is 0. The number of carbonyl (C=O) groups excluding carboxylic acids is 2. The second-order valence-electron chi connectivity index (χ2n) is 6.11. The smallest absolute Gasteiger partial charge is 0.316 e. The highest BCUT2D eigenvalue weighted by Gasteiger charge is 2.17. The van der Waals surface area contributed by atoms with Crippen molar-refractivity contribution in [3.05, 3.63) is 75.7 Å². The van der Waals surface area contributed by atoms with Gasteiger partial charge in [-0.15, -0.1) is 0 Å². The van der Waals surface area contributed by atoms with Crippen LogP contribution in [0.1, 0.15) is 26.6 Å². The zero-order chi connectivity index (χ0) is 20.8. The number of non-ortho nitro benzene ring substituents is 1. The molecule has 10 heteroatoms. The zero-order valence-corrected chi connectivity index (χ0v) is 15.4. The lowest BCUT2D eigenvalue weighted by atomic mass is 10.1. The van der Waals surface area contributed by atoms with E-state index in [-0.39, 0.29) is 36.4 Å². The van der Waals surface area contributed by atoms with Crippen molar-refractivity contribution in [3.8, 4) is 11.4 Å². The van der Waals surface area contributed by atoms with Crippen LogP contribution >= 0.6 is 0 Å². The van der Waals surface area contributed by atoms with Gasteiger partial charge in [0, 0.05) is 36.3 Å². The Hall–Kier alpha value is -4.08. The highest BCUT2D eigenvalue weighted by molar-refractivity contribution is 5.94. The molecule has 0 saturated heterocycles. The minimum atomic E-state index is -0.612. The lowest BCUT2D eigenvalue weighted by Gasteiger charge is -2.06. The van der Waals surface area contributed by atoms with E-state index in [1.807, 2.05) is 13.0 Å². The number of nitro groups is 1. The molecular formula is C19H17N5O5. The maximum absolute atomic E-state index is 12.1. The normalized spacial score (nSPS) is 10.4. The molecule has 0 fully saturated rings. The van der Waals surface area contributed by atoms with E-state index >= 15 is 0 Å². The predicted molar refractivity (Wildman–Crippen MR) is 102 cm³/mol. The van der Waals surface area contributed by atoms with E-state index in [1.165, 1.54) is 18.2 Å². The summed E-state index contributed by atoms with van der Waals surface area (Å²) in [6.45, 7) is 2.26. The van der Waals surface area contributed by atoms with E-state index in [2.05, 4.69) is 20.8 Å². The molecule has 0 aliphatic carbocycles. The third-order valence-electron chi connectivity index (χ3n) is 3.91. The van der Waals surface area contributed by atoms with Crippen molar-refractivity contribution in [2.75, 3.05) is 13.1 Å². The summed E-state index contributed by atoms with van der Waals surface area (Å²) >= 11 is 0. The Bertz CT molecular complexity index is 1060. The third-order valence-corrected chi connectivity index (χ3v) is 3.91. The van der Waals surface area contributed by atoms with Crippen LogP contribution in [0.4, 0.5) is 5.69 Å². The monoisotopic (exact) mass is 395 g/mol. The number of aryl methyl sites for hydroxylation is 1. The van der Waals surface area contributed by atoms with Crippen LogP contribution in [-0.4, -0.2) is 40.0 Å². The van der Waals surface area contributed by atoms with Crippen LogP contribution in [0.2, 0.25) is 0 Å². The second-order valence-corrected chi connectivity index (χ2v) is 6.11. The van der Waals surface area contributed by atoms with Gasteiger partial charge in [-0.1, -0.05) is 35.0 Å². The van der Waals surface area contributed by atoms with Crippen LogP contribution in [0, 0.1) is 17.0 Å². The summed E-state index contributed by atoms with van der Waals surface area (Å²) in [5, 5.41) is 19.8. The number of amides is 2. The van der Waals surface area contributed by atoms with E-state index in [9.17, 15) is 19.7 Å². The van der Waals surface area contributed by atoms with Crippen molar-refractivity contribution in [1.82, 2.24) is 20.8 Å². The van der Waals surface area contributed by atoms with Gasteiger partial charge in [0.15, 0.2) is 0 Å². The fraction of sp³-hybridized carbons (Fsp3) is 0.158. The molecule has 1 heterocycles. The molecule has 0 radical (unpaired) electrons. The molecule has 29 heavy (non-hydrogen) atoms. The van der Waals surface area contributed by atoms with Crippen LogP contribution in [0.3, 0.4) is 0 Å². The molecular weight excluding hydrogens is 378 g/mol. The fourth-order valence-corrected chi connectivity index (χ4v) is 2.51. The minimum Gasteiger partial charge on any atom is -0.350 e. The SMILES string of the molecule is Cc1cccc(C(=O)NCCNC(=O)c2nc(-c3cccc([N+](=O)[O-])c3)no2)c1. The summed E-state index contributed by atoms with van der Waals surface area (Å²) in [5.41, 5.74) is 1.74. The maximum atomic E-state index is 12.1. The molecule has 0 aliphatic rings. The minimum absolute atomic E-state index is 0.0617. The summed E-state index contributed by atoms with van der Waals surface area (Å²) in [6, 6.07) is 12.8. The molecule has 0 unspecified atom stereocenters. The number of nitrogens with one attached hydrogen (secondary N) is 2. The van der Waals surface area contributed by atoms with Gasteiger partial charge in [0.25, 0.3) is 11.6 Å². The number of nitrogens with zero attached hydrogens (tertiary/aromatic N) is 3. The van der Waals surface area contributed by atoms with Crippen LogP contribution in [-0.2, 0) is 0 Å². The Labute approximate surface area is 165 Å². The van der Waals surface area contributed by atoms with Crippen molar-refractivity contribution < 1.29 is 19.0 Å². The van der Waals surface area contributed by atoms with Crippen molar-refractivity contribution >= 4 is 17.5 Å². The van der Waals surface area contributed by atoms with Gasteiger partial charge in [0.1, 0.15) is 0 Å². The number of hydrogen-bond acceptors (Lipinski definition) is 7. The second kappa shape index (κ2) is 8.74. The molecule has 148 valence electrons. The van der Waals surface area contributed by atoms with Gasteiger partial charge < -0.3 is 15.2 Å². The highest BCUT2D eigenvalue weighted by Crippen LogP contribution is 2.21. The van der Waals surface area contributed by atoms with Gasteiger partial charge in [-0.3, -0.25) is 19.7 Å². The first kappa shape index (κ1) is 19.7. The van der Waals surface area contributed by atoms with Crippen molar-refractivity contribution in [2.45, 2.75) is 6.92 Å². The molecule has 2 aromatic carbocycles. The number of hydrogen-bond donors (Lipinski definition) is 2. The number of rotatable bonds is 7. The highest BCUT2D eigenvalue weighted by atomic mass is 16.6. The Morgan fingerprint density at radius 2 is 1.79 bits per heavy atom. The van der Waals surface area contributed by atoms with E-state index < -0.39 is 10.8 Å². The molecule has 0 atom stereocenters. The summed E-state index contributed by atoms with van der Waals surface area (Å²) < 4.78 is 4.91. The van der Waals surface area contributed by atoms with E-state index in [4.69, 9.17) is 4.52 Å². The molecule has 2 amide bonds. The number of nitro benzene ring substituents is 1. The van der Waals surface area contributed by atoms with Crippen LogP contribution in [0.15, 0.2) is 53.1 Å². The third kappa shape index (κ3) is 5.01. The van der Waals surface area contributed by atoms with Gasteiger partial charge in [-0.25, -0.2) is 0 Å². The molecule has 0 spiro atoms. The summed E-state index contributed by atoms with van der Waals surface area (Å²) in [4.78, 5) is 38.4. The lowest BCUT2D eigenvalue weighted by Crippen LogP contribution is -2.34. The van der Waals surface area contributed by atoms with Crippen LogP contribution in [0.25, 0.3) is 11.4 Å². The molecule has 1 aromatic heterocycles. The van der Waals surface area contributed by atoms with Crippen LogP contribution < -0.4 is 10.6 Å². The summed E-state index contributed by atoms with van der Waals surface area (Å²) in [5.74, 6) is -1.07. The van der Waals surface area contributed by atoms with Crippen molar-refractivity contribution in [3.63, 3.8) is 0 Å². The first-order valence-electron chi connectivity index (χ1n) is 8.65. The predicted octanol–water partition coefficient (Wildman–Crippen LogP) is 2.11. The molecule has 3 aromatic rings. The van der Waals surface area contributed by atoms with E-state index in [1.54, 1.807) is 24.3 Å². The first-order chi connectivity index (χ1) is 13.9. The van der Waals surface area contributed by atoms with Crippen molar-refractivity contribution in [2.24, 2.45) is 0 Å². The quantitative estimate of drug-likeness (QED) is 0.355. The van der Waals surface area contributed by atoms with Gasteiger partial charge >= 0.3 is 11.8 Å². The zero-order valence-electron chi connectivity index (χ0n) is 15.4. The average molecular weight is 395 g/mol. The van der Waals surface area contributed by atoms with Gasteiger partial charge in [0.2, 0.25) is 5.82 Å². The standard InChI is InChI=1S/C19H17N5O5/c1-12-4-2-6-14(10-12)17(25)20-8-9-21-18(26)19-22-16(23-29-19)13-5-3-7-15(11-13)24(27)28/h2-7,10-11H,8-9H2,1H3,(H,20,25)(H,21,26). The van der Waals surface area contributed by atoms with Gasteiger partial charge in [0.05, 0.1) is 4.92 Å². The fourth-order valence-electron chi connectivity index (χ4n) is 2.51. The Kier molecular flexibility index (Phi) is 5.93. The lowest BCUT2D eigenvalue weighted by molar-refractivity contribution is -0.384. The van der Waals surface area contributed by atoms with E-state index in [0.717, 1.165) is 5.56 Å². The van der Waals surface area contributed by atoms with E-state index in [0.29, 0.717) is 11.1 Å². The maximum Gasteiger partial charge on any atom is 0.316 e. The first-order valence-corrected chi connectivity index (χ1v) is 8.65. The Morgan fingerprint density at radius 3 is 2.52 bits per heavy atom. The van der Waals surface area contributed by atoms with Crippen molar-refractivity contribution in [1.29, 1.82) is 0 Å². The average Bonchev–Trinajstić information content (AvgIpc) is 3.21. The van der Waals surface area contributed by atoms with Gasteiger partial charge in [-0.2, -0.15) is 4.98 Å². The molecule has 0 aliphatic heterocycles. The molecule has 0 bridgehead atoms. The summed E-state index contributed by atoms with van der Waals surface area (Å²) in [7, 11) is 0. The Morgan fingerprint density at radius 1 is 1.07 bits per heavy atom. The molecule has 2 N–H and O–H groups in total. The molecule has 3 rings (SSSR count). The number of aromatic nitrogens is 2. The number of carbonyl (C=O) groups is 2. The molecule has 0 saturated carbocycles.